The van der Waals surface area contributed by atoms with Crippen LogP contribution in [0.25, 0.3) is 10.9 Å². The van der Waals surface area contributed by atoms with Crippen LogP contribution >= 0.6 is 0 Å². The lowest BCUT2D eigenvalue weighted by molar-refractivity contribution is 0.726. The Kier molecular flexibility index (Phi) is 3.25. The van der Waals surface area contributed by atoms with Crippen LogP contribution in [-0.4, -0.2) is 16.5 Å². The summed E-state index contributed by atoms with van der Waals surface area (Å²) >= 11 is 0. The Morgan fingerprint density at radius 1 is 1.07 bits per heavy atom. The quantitative estimate of drug-likeness (QED) is 0.707. The maximum Gasteiger partial charge on any atom is 0.116 e. The lowest BCUT2D eigenvalue weighted by Gasteiger charge is -2.03. The number of benzene rings is 1. The lowest BCUT2D eigenvalue weighted by Crippen LogP contribution is -1.95. The van der Waals surface area contributed by atoms with Gasteiger partial charge in [0, 0.05) is 11.9 Å². The maximum absolute atomic E-state index is 8.72. The monoisotopic (exact) mass is 199 g/mol. The minimum absolute atomic E-state index is 0.253. The summed E-state index contributed by atoms with van der Waals surface area (Å²) in [5.41, 5.74) is 10.8. The van der Waals surface area contributed by atoms with Crippen molar-refractivity contribution in [2.24, 2.45) is 0 Å². The van der Waals surface area contributed by atoms with Gasteiger partial charge in [0.05, 0.1) is 11.2 Å². The molecule has 3 nitrogen and oxygen atoms in total. The SMILES string of the molecule is [N]CCCCc1ncnc2ccccc12. The van der Waals surface area contributed by atoms with Crippen molar-refractivity contribution in [2.45, 2.75) is 19.3 Å². The number of nitrogens with zero attached hydrogens (tertiary/aromatic N) is 3. The van der Waals surface area contributed by atoms with E-state index in [1.54, 1.807) is 6.33 Å². The summed E-state index contributed by atoms with van der Waals surface area (Å²) in [6, 6.07) is 8.02. The Labute approximate surface area is 89.4 Å². The van der Waals surface area contributed by atoms with Gasteiger partial charge in [0.15, 0.2) is 0 Å². The molecule has 0 spiro atoms. The second-order valence-corrected chi connectivity index (χ2v) is 3.52. The van der Waals surface area contributed by atoms with Crippen LogP contribution in [0, 0.1) is 0 Å². The van der Waals surface area contributed by atoms with Crippen LogP contribution in [0.5, 0.6) is 0 Å². The van der Waals surface area contributed by atoms with Crippen molar-refractivity contribution >= 4 is 10.9 Å². The fourth-order valence-corrected chi connectivity index (χ4v) is 1.66. The molecule has 2 radical (unpaired) electrons. The van der Waals surface area contributed by atoms with E-state index in [0.29, 0.717) is 0 Å². The van der Waals surface area contributed by atoms with Crippen molar-refractivity contribution in [3.63, 3.8) is 0 Å². The Balaban J connectivity index is 2.26. The van der Waals surface area contributed by atoms with Gasteiger partial charge in [0.1, 0.15) is 6.33 Å². The van der Waals surface area contributed by atoms with Crippen molar-refractivity contribution in [1.29, 1.82) is 0 Å². The Morgan fingerprint density at radius 2 is 1.93 bits per heavy atom. The van der Waals surface area contributed by atoms with Gasteiger partial charge in [0.25, 0.3) is 0 Å². The third-order valence-electron chi connectivity index (χ3n) is 2.45. The highest BCUT2D eigenvalue weighted by molar-refractivity contribution is 5.80. The van der Waals surface area contributed by atoms with Crippen LogP contribution in [0.4, 0.5) is 0 Å². The van der Waals surface area contributed by atoms with E-state index in [2.05, 4.69) is 9.97 Å². The Bertz CT molecular complexity index is 434. The molecule has 0 fully saturated rings. The number of unbranched alkanes of at least 4 members (excludes halogenated alkanes) is 1. The molecule has 1 heterocycles. The molecule has 0 unspecified atom stereocenters. The number of fused-ring (bicyclic) bond motifs is 1. The van der Waals surface area contributed by atoms with Gasteiger partial charge in [-0.05, 0) is 25.3 Å². The molecule has 15 heavy (non-hydrogen) atoms. The lowest BCUT2D eigenvalue weighted by atomic mass is 10.1. The van der Waals surface area contributed by atoms with Gasteiger partial charge < -0.3 is 0 Å². The summed E-state index contributed by atoms with van der Waals surface area (Å²) in [6.07, 6.45) is 4.32. The average Bonchev–Trinajstić information content (AvgIpc) is 2.30. The number of hydrogen-bond acceptors (Lipinski definition) is 2. The molecule has 0 bridgehead atoms. The minimum Gasteiger partial charge on any atom is -0.241 e. The first kappa shape index (κ1) is 10.1. The van der Waals surface area contributed by atoms with Gasteiger partial charge in [-0.2, -0.15) is 0 Å². The predicted molar refractivity (Wildman–Crippen MR) is 59.5 cm³/mol. The van der Waals surface area contributed by atoms with Crippen molar-refractivity contribution < 1.29 is 0 Å². The molecule has 1 aromatic heterocycles. The van der Waals surface area contributed by atoms with E-state index in [0.717, 1.165) is 35.9 Å². The van der Waals surface area contributed by atoms with Gasteiger partial charge in [-0.1, -0.05) is 18.2 Å². The van der Waals surface area contributed by atoms with Crippen LogP contribution in [0.3, 0.4) is 0 Å². The smallest absolute Gasteiger partial charge is 0.116 e. The summed E-state index contributed by atoms with van der Waals surface area (Å²) in [6.45, 7) is 0.253. The first-order chi connectivity index (χ1) is 7.42. The van der Waals surface area contributed by atoms with Crippen molar-refractivity contribution in [3.05, 3.63) is 36.3 Å². The fraction of sp³-hybridized carbons (Fsp3) is 0.333. The number of hydrogen-bond donors (Lipinski definition) is 0. The number of aromatic nitrogens is 2. The molecule has 1 aromatic carbocycles. The van der Waals surface area contributed by atoms with Crippen molar-refractivity contribution in [1.82, 2.24) is 15.7 Å². The largest absolute Gasteiger partial charge is 0.241 e. The molecular weight excluding hydrogens is 186 g/mol. The summed E-state index contributed by atoms with van der Waals surface area (Å²) < 4.78 is 0. The number of rotatable bonds is 4. The predicted octanol–water partition coefficient (Wildman–Crippen LogP) is 2.02. The number of aryl methyl sites for hydroxylation is 1. The van der Waals surface area contributed by atoms with Gasteiger partial charge in [-0.25, -0.2) is 9.97 Å². The van der Waals surface area contributed by atoms with Crippen molar-refractivity contribution in [3.8, 4) is 0 Å². The summed E-state index contributed by atoms with van der Waals surface area (Å²) in [5.74, 6) is 0. The molecule has 0 saturated carbocycles. The van der Waals surface area contributed by atoms with Gasteiger partial charge in [-0.15, -0.1) is 5.73 Å². The normalized spacial score (nSPS) is 10.7. The molecule has 76 valence electrons. The zero-order valence-electron chi connectivity index (χ0n) is 8.56. The van der Waals surface area contributed by atoms with E-state index in [-0.39, 0.29) is 6.54 Å². The molecule has 0 atom stereocenters. The van der Waals surface area contributed by atoms with Crippen LogP contribution in [0.2, 0.25) is 0 Å². The van der Waals surface area contributed by atoms with E-state index < -0.39 is 0 Å². The van der Waals surface area contributed by atoms with E-state index in [1.165, 1.54) is 0 Å². The Hall–Kier alpha value is -1.48. The summed E-state index contributed by atoms with van der Waals surface area (Å²) in [7, 11) is 0. The second-order valence-electron chi connectivity index (χ2n) is 3.52. The van der Waals surface area contributed by atoms with Gasteiger partial charge >= 0.3 is 0 Å². The van der Waals surface area contributed by atoms with Gasteiger partial charge in [0.2, 0.25) is 0 Å². The Morgan fingerprint density at radius 3 is 2.80 bits per heavy atom. The molecule has 0 aliphatic carbocycles. The average molecular weight is 199 g/mol. The van der Waals surface area contributed by atoms with Crippen LogP contribution in [-0.2, 0) is 6.42 Å². The maximum atomic E-state index is 8.72. The minimum atomic E-state index is 0.253. The molecule has 0 saturated heterocycles. The van der Waals surface area contributed by atoms with Crippen LogP contribution in [0.15, 0.2) is 30.6 Å². The summed E-state index contributed by atoms with van der Waals surface area (Å²) in [5, 5.41) is 1.12. The fourth-order valence-electron chi connectivity index (χ4n) is 1.66. The van der Waals surface area contributed by atoms with E-state index >= 15 is 0 Å². The molecule has 2 rings (SSSR count). The first-order valence-corrected chi connectivity index (χ1v) is 5.21. The highest BCUT2D eigenvalue weighted by atomic mass is 14.8. The third-order valence-corrected chi connectivity index (χ3v) is 2.45. The molecular formula is C12H13N3. The third kappa shape index (κ3) is 2.30. The molecule has 0 aliphatic rings. The van der Waals surface area contributed by atoms with Crippen molar-refractivity contribution in [2.75, 3.05) is 6.54 Å². The van der Waals surface area contributed by atoms with E-state index in [1.807, 2.05) is 24.3 Å². The zero-order chi connectivity index (χ0) is 10.5. The van der Waals surface area contributed by atoms with Crippen LogP contribution in [0.1, 0.15) is 18.5 Å². The molecule has 2 aromatic rings. The number of para-hydroxylation sites is 1. The molecule has 0 N–H and O–H groups in total. The highest BCUT2D eigenvalue weighted by Gasteiger charge is 2.01. The first-order valence-electron chi connectivity index (χ1n) is 5.21. The highest BCUT2D eigenvalue weighted by Crippen LogP contribution is 2.15. The summed E-state index contributed by atoms with van der Waals surface area (Å²) in [4.78, 5) is 8.50. The van der Waals surface area contributed by atoms with E-state index in [4.69, 9.17) is 5.73 Å². The standard InChI is InChI=1S/C12H13N3/c13-8-4-3-7-12-10-5-1-2-6-11(10)14-9-15-12/h1-2,5-6,9H,3-4,7-8H2. The van der Waals surface area contributed by atoms with Gasteiger partial charge in [-0.3, -0.25) is 0 Å². The molecule has 0 amide bonds. The second kappa shape index (κ2) is 4.84. The van der Waals surface area contributed by atoms with Crippen LogP contribution < -0.4 is 5.73 Å². The molecule has 0 aliphatic heterocycles. The van der Waals surface area contributed by atoms with E-state index in [9.17, 15) is 0 Å². The molecule has 3 heteroatoms. The topological polar surface area (TPSA) is 48.1 Å². The zero-order valence-corrected chi connectivity index (χ0v) is 8.56.